The van der Waals surface area contributed by atoms with E-state index in [1.807, 2.05) is 6.08 Å². The van der Waals surface area contributed by atoms with Gasteiger partial charge in [0.15, 0.2) is 12.4 Å². The highest BCUT2D eigenvalue weighted by molar-refractivity contribution is 5.89. The molecular formula is C31H41NO7. The Balaban J connectivity index is 1.56. The third-order valence-corrected chi connectivity index (χ3v) is 5.77. The number of pyridine rings is 1. The minimum Gasteiger partial charge on any atom is -0.463 e. The van der Waals surface area contributed by atoms with Crippen LogP contribution in [0.2, 0.25) is 0 Å². The first kappa shape index (κ1) is 31.9. The summed E-state index contributed by atoms with van der Waals surface area (Å²) in [5, 5.41) is 19.9. The summed E-state index contributed by atoms with van der Waals surface area (Å²) >= 11 is 0. The lowest BCUT2D eigenvalue weighted by Crippen LogP contribution is -2.39. The zero-order valence-corrected chi connectivity index (χ0v) is 22.6. The molecule has 0 aromatic carbocycles. The Kier molecular flexibility index (Phi) is 16.1. The normalized spacial score (nSPS) is 21.7. The molecule has 4 atom stereocenters. The van der Waals surface area contributed by atoms with Gasteiger partial charge in [-0.15, -0.1) is 0 Å². The molecule has 0 spiro atoms. The molecule has 1 aromatic rings. The molecule has 0 saturated carbocycles. The number of aliphatic hydroxyl groups excluding tert-OH is 2. The third kappa shape index (κ3) is 13.3. The average Bonchev–Trinajstić information content (AvgIpc) is 3.21. The first-order valence-electron chi connectivity index (χ1n) is 13.6. The van der Waals surface area contributed by atoms with Crippen molar-refractivity contribution in [2.75, 3.05) is 6.61 Å². The highest BCUT2D eigenvalue weighted by Crippen LogP contribution is 2.24. The summed E-state index contributed by atoms with van der Waals surface area (Å²) in [5.41, 5.74) is 0.192. The molecule has 4 unspecified atom stereocenters. The number of aliphatic hydroxyl groups is 2. The maximum Gasteiger partial charge on any atom is 0.340 e. The highest BCUT2D eigenvalue weighted by Gasteiger charge is 2.46. The number of aromatic nitrogens is 1. The van der Waals surface area contributed by atoms with E-state index in [9.17, 15) is 19.8 Å². The minimum absolute atomic E-state index is 0.192. The molecule has 8 nitrogen and oxygen atoms in total. The molecule has 2 N–H and O–H groups in total. The van der Waals surface area contributed by atoms with Crippen molar-refractivity contribution in [2.45, 2.75) is 82.9 Å². The van der Waals surface area contributed by atoms with E-state index in [1.54, 1.807) is 6.07 Å². The lowest BCUT2D eigenvalue weighted by Gasteiger charge is -2.20. The van der Waals surface area contributed by atoms with Gasteiger partial charge in [-0.05, 0) is 57.1 Å². The molecule has 1 aliphatic rings. The third-order valence-electron chi connectivity index (χ3n) is 5.77. The SMILES string of the molecule is CCC=CCC=CCC=CCC=CCC=CCCCC(=O)OCC1OC(O)C(O)C1OC(=O)c1cccnc1. The van der Waals surface area contributed by atoms with Crippen LogP contribution in [-0.2, 0) is 19.0 Å². The quantitative estimate of drug-likeness (QED) is 0.159. The van der Waals surface area contributed by atoms with Gasteiger partial charge < -0.3 is 24.4 Å². The first-order valence-corrected chi connectivity index (χ1v) is 13.6. The molecule has 0 radical (unpaired) electrons. The molecule has 2 rings (SSSR count). The zero-order valence-electron chi connectivity index (χ0n) is 22.6. The second-order valence-electron chi connectivity index (χ2n) is 8.95. The van der Waals surface area contributed by atoms with Crippen molar-refractivity contribution in [3.63, 3.8) is 0 Å². The highest BCUT2D eigenvalue weighted by atomic mass is 16.7. The number of carbonyl (C=O) groups is 2. The Morgan fingerprint density at radius 1 is 0.949 bits per heavy atom. The number of unbranched alkanes of at least 4 members (excludes halogenated alkanes) is 1. The van der Waals surface area contributed by atoms with E-state index < -0.39 is 36.5 Å². The lowest BCUT2D eigenvalue weighted by molar-refractivity contribution is -0.157. The second-order valence-corrected chi connectivity index (χ2v) is 8.95. The summed E-state index contributed by atoms with van der Waals surface area (Å²) in [7, 11) is 0. The Bertz CT molecular complexity index is 984. The molecule has 0 amide bonds. The van der Waals surface area contributed by atoms with Crippen LogP contribution in [-0.4, -0.2) is 58.3 Å². The second kappa shape index (κ2) is 19.7. The molecule has 8 heteroatoms. The van der Waals surface area contributed by atoms with Gasteiger partial charge in [-0.3, -0.25) is 9.78 Å². The van der Waals surface area contributed by atoms with Gasteiger partial charge in [-0.2, -0.15) is 0 Å². The van der Waals surface area contributed by atoms with Crippen molar-refractivity contribution in [1.82, 2.24) is 4.98 Å². The van der Waals surface area contributed by atoms with Gasteiger partial charge in [0, 0.05) is 18.8 Å². The summed E-state index contributed by atoms with van der Waals surface area (Å²) in [4.78, 5) is 28.2. The molecule has 212 valence electrons. The lowest BCUT2D eigenvalue weighted by atomic mass is 10.1. The topological polar surface area (TPSA) is 115 Å². The monoisotopic (exact) mass is 539 g/mol. The molecule has 0 aliphatic carbocycles. The molecule has 1 aromatic heterocycles. The van der Waals surface area contributed by atoms with Crippen LogP contribution in [0.4, 0.5) is 0 Å². The largest absolute Gasteiger partial charge is 0.463 e. The fourth-order valence-corrected chi connectivity index (χ4v) is 3.65. The van der Waals surface area contributed by atoms with Crippen molar-refractivity contribution >= 4 is 11.9 Å². The van der Waals surface area contributed by atoms with Crippen LogP contribution in [0.5, 0.6) is 0 Å². The molecule has 1 aliphatic heterocycles. The van der Waals surface area contributed by atoms with E-state index >= 15 is 0 Å². The Morgan fingerprint density at radius 2 is 1.56 bits per heavy atom. The predicted octanol–water partition coefficient (Wildman–Crippen LogP) is 5.15. The number of hydrogen-bond donors (Lipinski definition) is 2. The van der Waals surface area contributed by atoms with Crippen molar-refractivity contribution in [3.8, 4) is 0 Å². The summed E-state index contributed by atoms with van der Waals surface area (Å²) < 4.78 is 15.7. The van der Waals surface area contributed by atoms with E-state index in [4.69, 9.17) is 14.2 Å². The number of carbonyl (C=O) groups excluding carboxylic acids is 2. The number of allylic oxidation sites excluding steroid dienone is 10. The van der Waals surface area contributed by atoms with Gasteiger partial charge in [0.25, 0.3) is 0 Å². The van der Waals surface area contributed by atoms with Gasteiger partial charge in [0.1, 0.15) is 18.8 Å². The fraction of sp³-hybridized carbons (Fsp3) is 0.452. The van der Waals surface area contributed by atoms with Crippen LogP contribution in [0.1, 0.15) is 68.6 Å². The van der Waals surface area contributed by atoms with Crippen LogP contribution in [0.25, 0.3) is 0 Å². The molecule has 0 bridgehead atoms. The molecule has 1 fully saturated rings. The first-order chi connectivity index (χ1) is 19.0. The van der Waals surface area contributed by atoms with Crippen LogP contribution < -0.4 is 0 Å². The van der Waals surface area contributed by atoms with E-state index in [2.05, 4.69) is 66.6 Å². The Morgan fingerprint density at radius 3 is 2.15 bits per heavy atom. The van der Waals surface area contributed by atoms with Crippen molar-refractivity contribution < 1.29 is 34.0 Å². The van der Waals surface area contributed by atoms with E-state index in [0.29, 0.717) is 6.42 Å². The summed E-state index contributed by atoms with van der Waals surface area (Å²) in [6.45, 7) is 1.88. The van der Waals surface area contributed by atoms with E-state index in [1.165, 1.54) is 18.5 Å². The van der Waals surface area contributed by atoms with Crippen LogP contribution >= 0.6 is 0 Å². The average molecular weight is 540 g/mol. The van der Waals surface area contributed by atoms with Crippen LogP contribution in [0.15, 0.2) is 85.3 Å². The number of ether oxygens (including phenoxy) is 3. The molecular weight excluding hydrogens is 498 g/mol. The van der Waals surface area contributed by atoms with Crippen molar-refractivity contribution in [3.05, 3.63) is 90.9 Å². The zero-order chi connectivity index (χ0) is 28.1. The fourth-order valence-electron chi connectivity index (χ4n) is 3.65. The maximum absolute atomic E-state index is 12.3. The number of nitrogens with zero attached hydrogens (tertiary/aromatic N) is 1. The van der Waals surface area contributed by atoms with Crippen LogP contribution in [0, 0.1) is 0 Å². The smallest absolute Gasteiger partial charge is 0.340 e. The number of esters is 2. The van der Waals surface area contributed by atoms with Crippen LogP contribution in [0.3, 0.4) is 0 Å². The molecule has 2 heterocycles. The van der Waals surface area contributed by atoms with Gasteiger partial charge in [-0.1, -0.05) is 67.7 Å². The van der Waals surface area contributed by atoms with E-state index in [-0.39, 0.29) is 18.6 Å². The maximum atomic E-state index is 12.3. The summed E-state index contributed by atoms with van der Waals surface area (Å²) in [6, 6.07) is 3.09. The van der Waals surface area contributed by atoms with Gasteiger partial charge in [-0.25, -0.2) is 4.79 Å². The summed E-state index contributed by atoms with van der Waals surface area (Å²) in [5.74, 6) is -1.16. The summed E-state index contributed by atoms with van der Waals surface area (Å²) in [6.07, 6.45) is 25.4. The van der Waals surface area contributed by atoms with E-state index in [0.717, 1.165) is 38.5 Å². The number of rotatable bonds is 17. The van der Waals surface area contributed by atoms with Gasteiger partial charge in [0.2, 0.25) is 0 Å². The predicted molar refractivity (Wildman–Crippen MR) is 150 cm³/mol. The Hall–Kier alpha value is -3.33. The van der Waals surface area contributed by atoms with Crippen molar-refractivity contribution in [1.29, 1.82) is 0 Å². The standard InChI is InChI=1S/C31H41NO7/c1-2-3-4-5-6-7-8-9-10-11-12-13-14-15-16-17-18-21-27(33)37-24-26-29(28(34)31(36)38-26)39-30(35)25-20-19-22-32-23-25/h3-4,6-7,9-10,12-13,15-16,19-20,22-23,26,28-29,31,34,36H,2,5,8,11,14,17-18,21,24H2,1H3. The van der Waals surface area contributed by atoms with Crippen molar-refractivity contribution in [2.24, 2.45) is 0 Å². The number of hydrogen-bond acceptors (Lipinski definition) is 8. The molecule has 39 heavy (non-hydrogen) atoms. The molecule has 1 saturated heterocycles. The minimum atomic E-state index is -1.55. The van der Waals surface area contributed by atoms with Gasteiger partial charge >= 0.3 is 11.9 Å². The Labute approximate surface area is 231 Å². The van der Waals surface area contributed by atoms with Gasteiger partial charge in [0.05, 0.1) is 5.56 Å².